The largest absolute Gasteiger partial charge is 0.339 e. The summed E-state index contributed by atoms with van der Waals surface area (Å²) in [6.07, 6.45) is 0. The maximum Gasteiger partial charge on any atom is 0.244 e. The molecule has 1 aromatic carbocycles. The number of benzene rings is 1. The molecule has 1 saturated heterocycles. The van der Waals surface area contributed by atoms with Crippen molar-refractivity contribution in [2.75, 3.05) is 26.2 Å². The maximum atomic E-state index is 12.5. The van der Waals surface area contributed by atoms with E-state index in [1.165, 1.54) is 0 Å². The minimum atomic E-state index is -0.632. The van der Waals surface area contributed by atoms with Gasteiger partial charge in [0.05, 0.1) is 0 Å². The molecule has 23 heavy (non-hydrogen) atoms. The third-order valence-corrected chi connectivity index (χ3v) is 4.10. The Balaban J connectivity index is 0.00000264. The SMILES string of the molecule is Cc1ccc(C(N)C(=O)N2CCN(C(=O)C(C)C)CC2)cc1.Cl. The Morgan fingerprint density at radius 1 is 0.957 bits per heavy atom. The molecule has 2 rings (SSSR count). The van der Waals surface area contributed by atoms with Crippen molar-refractivity contribution in [1.29, 1.82) is 0 Å². The fourth-order valence-corrected chi connectivity index (χ4v) is 2.63. The highest BCUT2D eigenvalue weighted by molar-refractivity contribution is 5.85. The molecule has 2 N–H and O–H groups in total. The van der Waals surface area contributed by atoms with Crippen molar-refractivity contribution in [3.63, 3.8) is 0 Å². The second kappa shape index (κ2) is 8.31. The van der Waals surface area contributed by atoms with Crippen LogP contribution < -0.4 is 5.73 Å². The first-order valence-corrected chi connectivity index (χ1v) is 7.80. The van der Waals surface area contributed by atoms with Crippen LogP contribution >= 0.6 is 12.4 Å². The highest BCUT2D eigenvalue weighted by Crippen LogP contribution is 2.16. The molecule has 1 atom stereocenters. The maximum absolute atomic E-state index is 12.5. The molecule has 1 heterocycles. The number of amides is 2. The molecule has 0 spiro atoms. The lowest BCUT2D eigenvalue weighted by Gasteiger charge is -2.36. The van der Waals surface area contributed by atoms with Gasteiger partial charge in [0.15, 0.2) is 0 Å². The normalized spacial score (nSPS) is 16.0. The number of hydrogen-bond acceptors (Lipinski definition) is 3. The number of aryl methyl sites for hydroxylation is 1. The van der Waals surface area contributed by atoms with E-state index < -0.39 is 6.04 Å². The van der Waals surface area contributed by atoms with E-state index in [1.807, 2.05) is 49.9 Å². The van der Waals surface area contributed by atoms with Gasteiger partial charge in [0.2, 0.25) is 11.8 Å². The number of piperazine rings is 1. The van der Waals surface area contributed by atoms with Crippen LogP contribution in [0.1, 0.15) is 31.0 Å². The van der Waals surface area contributed by atoms with Crippen molar-refractivity contribution in [3.8, 4) is 0 Å². The predicted octanol–water partition coefficient (Wildman–Crippen LogP) is 1.74. The Bertz CT molecular complexity index is 537. The molecule has 128 valence electrons. The van der Waals surface area contributed by atoms with E-state index in [1.54, 1.807) is 4.90 Å². The zero-order valence-corrected chi connectivity index (χ0v) is 14.8. The minimum Gasteiger partial charge on any atom is -0.339 e. The summed E-state index contributed by atoms with van der Waals surface area (Å²) in [4.78, 5) is 28.0. The van der Waals surface area contributed by atoms with E-state index in [0.717, 1.165) is 11.1 Å². The fourth-order valence-electron chi connectivity index (χ4n) is 2.63. The monoisotopic (exact) mass is 339 g/mol. The molecule has 1 unspecified atom stereocenters. The average molecular weight is 340 g/mol. The van der Waals surface area contributed by atoms with Crippen LogP contribution in [-0.2, 0) is 9.59 Å². The van der Waals surface area contributed by atoms with E-state index in [9.17, 15) is 9.59 Å². The molecule has 0 radical (unpaired) electrons. The van der Waals surface area contributed by atoms with Crippen molar-refractivity contribution in [3.05, 3.63) is 35.4 Å². The lowest BCUT2D eigenvalue weighted by atomic mass is 10.0. The van der Waals surface area contributed by atoms with Crippen LogP contribution in [0.15, 0.2) is 24.3 Å². The molecule has 0 aliphatic carbocycles. The zero-order valence-electron chi connectivity index (χ0n) is 14.0. The second-order valence-electron chi connectivity index (χ2n) is 6.19. The van der Waals surface area contributed by atoms with Gasteiger partial charge in [0, 0.05) is 32.1 Å². The molecule has 1 aliphatic heterocycles. The van der Waals surface area contributed by atoms with Gasteiger partial charge >= 0.3 is 0 Å². The summed E-state index contributed by atoms with van der Waals surface area (Å²) in [5, 5.41) is 0. The molecular weight excluding hydrogens is 314 g/mol. The molecule has 2 amide bonds. The molecule has 0 saturated carbocycles. The quantitative estimate of drug-likeness (QED) is 0.912. The molecular formula is C17H26ClN3O2. The van der Waals surface area contributed by atoms with E-state index >= 15 is 0 Å². The summed E-state index contributed by atoms with van der Waals surface area (Å²) in [6.45, 7) is 8.07. The molecule has 0 bridgehead atoms. The Labute approximate surface area is 144 Å². The van der Waals surface area contributed by atoms with Crippen LogP contribution in [0.3, 0.4) is 0 Å². The number of rotatable bonds is 3. The van der Waals surface area contributed by atoms with E-state index in [-0.39, 0.29) is 30.1 Å². The van der Waals surface area contributed by atoms with Gasteiger partial charge in [0.1, 0.15) is 6.04 Å². The topological polar surface area (TPSA) is 66.6 Å². The number of nitrogens with two attached hydrogens (primary N) is 1. The van der Waals surface area contributed by atoms with Crippen molar-refractivity contribution in [2.24, 2.45) is 11.7 Å². The van der Waals surface area contributed by atoms with Gasteiger partial charge in [-0.25, -0.2) is 0 Å². The summed E-state index contributed by atoms with van der Waals surface area (Å²) in [5.74, 6) is 0.0764. The Kier molecular flexibility index (Phi) is 7.03. The summed E-state index contributed by atoms with van der Waals surface area (Å²) in [6, 6.07) is 7.09. The van der Waals surface area contributed by atoms with Crippen LogP contribution in [0.4, 0.5) is 0 Å². The number of carbonyl (C=O) groups excluding carboxylic acids is 2. The number of nitrogens with zero attached hydrogens (tertiary/aromatic N) is 2. The summed E-state index contributed by atoms with van der Waals surface area (Å²) < 4.78 is 0. The molecule has 1 fully saturated rings. The van der Waals surface area contributed by atoms with Gasteiger partial charge in [-0.3, -0.25) is 9.59 Å². The second-order valence-corrected chi connectivity index (χ2v) is 6.19. The third kappa shape index (κ3) is 4.69. The van der Waals surface area contributed by atoms with Gasteiger partial charge in [0.25, 0.3) is 0 Å². The predicted molar refractivity (Wildman–Crippen MR) is 93.4 cm³/mol. The van der Waals surface area contributed by atoms with Crippen LogP contribution in [0.25, 0.3) is 0 Å². The van der Waals surface area contributed by atoms with Crippen molar-refractivity contribution >= 4 is 24.2 Å². The Hall–Kier alpha value is -1.59. The lowest BCUT2D eigenvalue weighted by Crippen LogP contribution is -2.53. The molecule has 5 nitrogen and oxygen atoms in total. The van der Waals surface area contributed by atoms with Crippen molar-refractivity contribution < 1.29 is 9.59 Å². The minimum absolute atomic E-state index is 0. The summed E-state index contributed by atoms with van der Waals surface area (Å²) in [5.41, 5.74) is 8.06. The van der Waals surface area contributed by atoms with Gasteiger partial charge in [-0.15, -0.1) is 12.4 Å². The molecule has 1 aromatic rings. The van der Waals surface area contributed by atoms with Crippen LogP contribution in [-0.4, -0.2) is 47.8 Å². The smallest absolute Gasteiger partial charge is 0.244 e. The summed E-state index contributed by atoms with van der Waals surface area (Å²) in [7, 11) is 0. The van der Waals surface area contributed by atoms with Gasteiger partial charge in [-0.2, -0.15) is 0 Å². The van der Waals surface area contributed by atoms with E-state index in [4.69, 9.17) is 5.73 Å². The highest BCUT2D eigenvalue weighted by atomic mass is 35.5. The van der Waals surface area contributed by atoms with Gasteiger partial charge in [-0.1, -0.05) is 43.7 Å². The van der Waals surface area contributed by atoms with Crippen LogP contribution in [0.2, 0.25) is 0 Å². The molecule has 1 aliphatic rings. The standard InChI is InChI=1S/C17H25N3O2.ClH/c1-12(2)16(21)19-8-10-20(11-9-19)17(22)15(18)14-6-4-13(3)5-7-14;/h4-7,12,15H,8-11,18H2,1-3H3;1H. The summed E-state index contributed by atoms with van der Waals surface area (Å²) >= 11 is 0. The van der Waals surface area contributed by atoms with Crippen LogP contribution in [0, 0.1) is 12.8 Å². The first kappa shape index (κ1) is 19.5. The Morgan fingerprint density at radius 2 is 1.39 bits per heavy atom. The van der Waals surface area contributed by atoms with Crippen molar-refractivity contribution in [1.82, 2.24) is 9.80 Å². The Morgan fingerprint density at radius 3 is 1.83 bits per heavy atom. The zero-order chi connectivity index (χ0) is 16.3. The lowest BCUT2D eigenvalue weighted by molar-refractivity contribution is -0.142. The first-order chi connectivity index (χ1) is 10.4. The fraction of sp³-hybridized carbons (Fsp3) is 0.529. The van der Waals surface area contributed by atoms with Crippen LogP contribution in [0.5, 0.6) is 0 Å². The van der Waals surface area contributed by atoms with E-state index in [0.29, 0.717) is 26.2 Å². The number of halogens is 1. The van der Waals surface area contributed by atoms with E-state index in [2.05, 4.69) is 0 Å². The molecule has 0 aromatic heterocycles. The van der Waals surface area contributed by atoms with Gasteiger partial charge < -0.3 is 15.5 Å². The first-order valence-electron chi connectivity index (χ1n) is 7.80. The average Bonchev–Trinajstić information content (AvgIpc) is 2.53. The third-order valence-electron chi connectivity index (χ3n) is 4.10. The number of hydrogen-bond donors (Lipinski definition) is 1. The number of carbonyl (C=O) groups is 2. The molecule has 6 heteroatoms. The van der Waals surface area contributed by atoms with Gasteiger partial charge in [-0.05, 0) is 12.5 Å². The van der Waals surface area contributed by atoms with Crippen molar-refractivity contribution in [2.45, 2.75) is 26.8 Å². The highest BCUT2D eigenvalue weighted by Gasteiger charge is 2.28.